The van der Waals surface area contributed by atoms with Crippen molar-refractivity contribution in [3.8, 4) is 5.75 Å². The van der Waals surface area contributed by atoms with Crippen molar-refractivity contribution < 1.29 is 4.74 Å². The molecule has 1 aromatic carbocycles. The van der Waals surface area contributed by atoms with Crippen molar-refractivity contribution in [1.29, 1.82) is 0 Å². The zero-order chi connectivity index (χ0) is 14.5. The lowest BCUT2D eigenvalue weighted by Gasteiger charge is -2.35. The molecule has 3 heteroatoms. The van der Waals surface area contributed by atoms with Crippen LogP contribution < -0.4 is 10.1 Å². The van der Waals surface area contributed by atoms with Gasteiger partial charge in [-0.3, -0.25) is 4.90 Å². The van der Waals surface area contributed by atoms with Crippen LogP contribution in [0.25, 0.3) is 0 Å². The molecular formula is C18H28N2O. The number of benzene rings is 1. The lowest BCUT2D eigenvalue weighted by atomic mass is 9.96. The molecule has 0 amide bonds. The Labute approximate surface area is 128 Å². The number of rotatable bonds is 6. The highest BCUT2D eigenvalue weighted by Crippen LogP contribution is 2.32. The number of fused-ring (bicyclic) bond motifs is 1. The third-order valence-electron chi connectivity index (χ3n) is 4.77. The molecule has 1 aromatic rings. The molecule has 2 aliphatic rings. The summed E-state index contributed by atoms with van der Waals surface area (Å²) in [6.07, 6.45) is 6.33. The van der Waals surface area contributed by atoms with Crippen LogP contribution in [0.1, 0.15) is 49.8 Å². The molecule has 0 aliphatic carbocycles. The fourth-order valence-electron chi connectivity index (χ4n) is 3.56. The maximum absolute atomic E-state index is 5.65. The number of ether oxygens (including phenoxy) is 1. The molecule has 1 atom stereocenters. The Hall–Kier alpha value is -1.06. The highest BCUT2D eigenvalue weighted by Gasteiger charge is 2.23. The van der Waals surface area contributed by atoms with Crippen LogP contribution in [0.15, 0.2) is 18.2 Å². The Morgan fingerprint density at radius 2 is 2.10 bits per heavy atom. The summed E-state index contributed by atoms with van der Waals surface area (Å²) in [4.78, 5) is 2.67. The minimum Gasteiger partial charge on any atom is -0.493 e. The van der Waals surface area contributed by atoms with E-state index < -0.39 is 0 Å². The van der Waals surface area contributed by atoms with Gasteiger partial charge in [0.2, 0.25) is 0 Å². The number of hydrogen-bond acceptors (Lipinski definition) is 3. The predicted octanol–water partition coefficient (Wildman–Crippen LogP) is 3.15. The highest BCUT2D eigenvalue weighted by atomic mass is 16.5. The van der Waals surface area contributed by atoms with Crippen LogP contribution >= 0.6 is 0 Å². The van der Waals surface area contributed by atoms with Crippen molar-refractivity contribution in [2.24, 2.45) is 0 Å². The van der Waals surface area contributed by atoms with Gasteiger partial charge < -0.3 is 10.1 Å². The topological polar surface area (TPSA) is 24.5 Å². The van der Waals surface area contributed by atoms with Crippen molar-refractivity contribution in [2.75, 3.05) is 32.8 Å². The van der Waals surface area contributed by atoms with Crippen LogP contribution in [0.4, 0.5) is 0 Å². The quantitative estimate of drug-likeness (QED) is 0.814. The van der Waals surface area contributed by atoms with Crippen LogP contribution in [-0.4, -0.2) is 37.7 Å². The number of nitrogens with one attached hydrogen (secondary N) is 1. The minimum atomic E-state index is 0.588. The monoisotopic (exact) mass is 288 g/mol. The minimum absolute atomic E-state index is 0.588. The molecule has 1 fully saturated rings. The first-order valence-electron chi connectivity index (χ1n) is 8.59. The van der Waals surface area contributed by atoms with E-state index in [4.69, 9.17) is 4.74 Å². The van der Waals surface area contributed by atoms with Crippen molar-refractivity contribution in [2.45, 2.75) is 45.1 Å². The van der Waals surface area contributed by atoms with Gasteiger partial charge in [-0.2, -0.15) is 0 Å². The standard InChI is InChI=1S/C18H28N2O/c1-2-3-4-5-17(20-11-9-19-10-12-20)15-6-7-18-16(14-15)8-13-21-18/h6-7,14,17,19H,2-5,8-13H2,1H3/t17-/m0/s1. The molecule has 116 valence electrons. The Kier molecular flexibility index (Phi) is 5.15. The molecule has 0 bridgehead atoms. The smallest absolute Gasteiger partial charge is 0.122 e. The van der Waals surface area contributed by atoms with Crippen LogP contribution in [0.3, 0.4) is 0 Å². The van der Waals surface area contributed by atoms with Gasteiger partial charge in [0.1, 0.15) is 5.75 Å². The van der Waals surface area contributed by atoms with E-state index in [2.05, 4.69) is 35.3 Å². The van der Waals surface area contributed by atoms with Crippen molar-refractivity contribution in [3.63, 3.8) is 0 Å². The van der Waals surface area contributed by atoms with Gasteiger partial charge >= 0.3 is 0 Å². The molecule has 21 heavy (non-hydrogen) atoms. The third-order valence-corrected chi connectivity index (χ3v) is 4.77. The molecule has 2 aliphatic heterocycles. The zero-order valence-electron chi connectivity index (χ0n) is 13.2. The van der Waals surface area contributed by atoms with Crippen molar-refractivity contribution in [1.82, 2.24) is 10.2 Å². The summed E-state index contributed by atoms with van der Waals surface area (Å²) in [7, 11) is 0. The molecule has 0 saturated carbocycles. The van der Waals surface area contributed by atoms with Gasteiger partial charge in [-0.15, -0.1) is 0 Å². The normalized spacial score (nSPS) is 20.0. The first-order chi connectivity index (χ1) is 10.4. The van der Waals surface area contributed by atoms with E-state index in [0.29, 0.717) is 6.04 Å². The molecule has 0 unspecified atom stereocenters. The summed E-state index contributed by atoms with van der Waals surface area (Å²) >= 11 is 0. The van der Waals surface area contributed by atoms with Crippen LogP contribution in [0, 0.1) is 0 Å². The van der Waals surface area contributed by atoms with Crippen LogP contribution in [-0.2, 0) is 6.42 Å². The predicted molar refractivity (Wildman–Crippen MR) is 87.0 cm³/mol. The third kappa shape index (κ3) is 3.58. The van der Waals surface area contributed by atoms with E-state index in [1.165, 1.54) is 49.9 Å². The Morgan fingerprint density at radius 1 is 1.24 bits per heavy atom. The molecule has 3 rings (SSSR count). The van der Waals surface area contributed by atoms with Crippen molar-refractivity contribution >= 4 is 0 Å². The largest absolute Gasteiger partial charge is 0.493 e. The molecule has 0 spiro atoms. The Morgan fingerprint density at radius 3 is 2.90 bits per heavy atom. The molecule has 1 N–H and O–H groups in total. The van der Waals surface area contributed by atoms with Gasteiger partial charge in [0.25, 0.3) is 0 Å². The van der Waals surface area contributed by atoms with Gasteiger partial charge in [0.05, 0.1) is 6.61 Å². The van der Waals surface area contributed by atoms with Crippen LogP contribution in [0.2, 0.25) is 0 Å². The summed E-state index contributed by atoms with van der Waals surface area (Å²) in [6, 6.07) is 7.47. The van der Waals surface area contributed by atoms with Gasteiger partial charge in [-0.05, 0) is 23.6 Å². The Bertz CT molecular complexity index is 455. The first kappa shape index (κ1) is 14.9. The average molecular weight is 288 g/mol. The van der Waals surface area contributed by atoms with Crippen molar-refractivity contribution in [3.05, 3.63) is 29.3 Å². The van der Waals surface area contributed by atoms with Gasteiger partial charge in [0.15, 0.2) is 0 Å². The molecule has 0 aromatic heterocycles. The molecule has 0 radical (unpaired) electrons. The summed E-state index contributed by atoms with van der Waals surface area (Å²) in [5.41, 5.74) is 2.90. The number of hydrogen-bond donors (Lipinski definition) is 1. The maximum Gasteiger partial charge on any atom is 0.122 e. The molecule has 3 nitrogen and oxygen atoms in total. The lowest BCUT2D eigenvalue weighted by molar-refractivity contribution is 0.162. The van der Waals surface area contributed by atoms with Gasteiger partial charge in [-0.1, -0.05) is 38.3 Å². The summed E-state index contributed by atoms with van der Waals surface area (Å²) in [6.45, 7) is 7.73. The molecule has 2 heterocycles. The van der Waals surface area contributed by atoms with E-state index >= 15 is 0 Å². The fraction of sp³-hybridized carbons (Fsp3) is 0.667. The second-order valence-electron chi connectivity index (χ2n) is 6.26. The second-order valence-corrected chi connectivity index (χ2v) is 6.26. The zero-order valence-corrected chi connectivity index (χ0v) is 13.2. The van der Waals surface area contributed by atoms with Gasteiger partial charge in [0, 0.05) is 38.6 Å². The van der Waals surface area contributed by atoms with E-state index in [-0.39, 0.29) is 0 Å². The molecular weight excluding hydrogens is 260 g/mol. The summed E-state index contributed by atoms with van der Waals surface area (Å²) < 4.78 is 5.65. The van der Waals surface area contributed by atoms with E-state index in [1.807, 2.05) is 0 Å². The summed E-state index contributed by atoms with van der Waals surface area (Å²) in [5, 5.41) is 3.47. The fourth-order valence-corrected chi connectivity index (χ4v) is 3.56. The first-order valence-corrected chi connectivity index (χ1v) is 8.59. The summed E-state index contributed by atoms with van der Waals surface area (Å²) in [5.74, 6) is 1.10. The molecule has 1 saturated heterocycles. The van der Waals surface area contributed by atoms with E-state index in [9.17, 15) is 0 Å². The lowest BCUT2D eigenvalue weighted by Crippen LogP contribution is -2.45. The number of unbranched alkanes of at least 4 members (excludes halogenated alkanes) is 2. The number of nitrogens with zero attached hydrogens (tertiary/aromatic N) is 1. The maximum atomic E-state index is 5.65. The second kappa shape index (κ2) is 7.28. The number of piperazine rings is 1. The Balaban J connectivity index is 1.76. The highest BCUT2D eigenvalue weighted by molar-refractivity contribution is 5.40. The van der Waals surface area contributed by atoms with Crippen LogP contribution in [0.5, 0.6) is 5.75 Å². The average Bonchev–Trinajstić information content (AvgIpc) is 3.00. The van der Waals surface area contributed by atoms with E-state index in [0.717, 1.165) is 31.9 Å². The van der Waals surface area contributed by atoms with E-state index in [1.54, 1.807) is 0 Å². The van der Waals surface area contributed by atoms with Gasteiger partial charge in [-0.25, -0.2) is 0 Å². The SMILES string of the molecule is CCCCC[C@@H](c1ccc2c(c1)CCO2)N1CCNCC1.